The molecule has 0 unspecified atom stereocenters. The Kier molecular flexibility index (Phi) is 3.69. The fraction of sp³-hybridized carbons (Fsp3) is 0.786. The second-order valence-electron chi connectivity index (χ2n) is 5.61. The molecule has 2 aliphatic rings. The summed E-state index contributed by atoms with van der Waals surface area (Å²) in [6.07, 6.45) is 7.26. The summed E-state index contributed by atoms with van der Waals surface area (Å²) in [6.45, 7) is 4.67. The van der Waals surface area contributed by atoms with Crippen molar-refractivity contribution in [1.29, 1.82) is 0 Å². The van der Waals surface area contributed by atoms with E-state index in [1.807, 2.05) is 6.92 Å². The average molecular weight is 238 g/mol. The van der Waals surface area contributed by atoms with Gasteiger partial charge in [-0.15, -0.1) is 0 Å². The zero-order valence-electron chi connectivity index (χ0n) is 10.9. The standard InChI is InChI=1S/C14H22O3/c1-10-12-8-11(17-9-16-3)4-6-14(12,2)7-5-13(10)15/h5,7,10-12H,4,6,8-9H2,1-3H3/t10-,11+,12-,14-/m0/s1. The molecule has 0 N–H and O–H groups in total. The lowest BCUT2D eigenvalue weighted by Gasteiger charge is -2.46. The molecule has 0 radical (unpaired) electrons. The number of rotatable bonds is 3. The van der Waals surface area contributed by atoms with E-state index in [2.05, 4.69) is 13.0 Å². The highest BCUT2D eigenvalue weighted by Crippen LogP contribution is 2.49. The summed E-state index contributed by atoms with van der Waals surface area (Å²) in [5.74, 6) is 0.800. The molecule has 2 rings (SSSR count). The number of ketones is 1. The van der Waals surface area contributed by atoms with E-state index < -0.39 is 0 Å². The Hall–Kier alpha value is -0.670. The van der Waals surface area contributed by atoms with Crippen molar-refractivity contribution >= 4 is 5.78 Å². The number of fused-ring (bicyclic) bond motifs is 1. The molecule has 17 heavy (non-hydrogen) atoms. The largest absolute Gasteiger partial charge is 0.359 e. The van der Waals surface area contributed by atoms with E-state index in [4.69, 9.17) is 9.47 Å². The van der Waals surface area contributed by atoms with Crippen molar-refractivity contribution in [3.63, 3.8) is 0 Å². The van der Waals surface area contributed by atoms with E-state index in [0.29, 0.717) is 12.7 Å². The van der Waals surface area contributed by atoms with Gasteiger partial charge in [0.15, 0.2) is 5.78 Å². The normalized spacial score (nSPS) is 41.4. The smallest absolute Gasteiger partial charge is 0.158 e. The highest BCUT2D eigenvalue weighted by molar-refractivity contribution is 5.92. The summed E-state index contributed by atoms with van der Waals surface area (Å²) in [6, 6.07) is 0. The fourth-order valence-corrected chi connectivity index (χ4v) is 3.25. The van der Waals surface area contributed by atoms with Gasteiger partial charge in [-0.05, 0) is 36.7 Å². The van der Waals surface area contributed by atoms with E-state index in [0.717, 1.165) is 19.3 Å². The molecule has 1 fully saturated rings. The predicted octanol–water partition coefficient (Wildman–Crippen LogP) is 2.56. The first kappa shape index (κ1) is 12.8. The van der Waals surface area contributed by atoms with E-state index in [9.17, 15) is 4.79 Å². The first-order valence-corrected chi connectivity index (χ1v) is 6.40. The fourth-order valence-electron chi connectivity index (χ4n) is 3.25. The summed E-state index contributed by atoms with van der Waals surface area (Å²) >= 11 is 0. The van der Waals surface area contributed by atoms with Crippen LogP contribution in [-0.2, 0) is 14.3 Å². The Morgan fingerprint density at radius 3 is 3.00 bits per heavy atom. The molecule has 0 spiro atoms. The van der Waals surface area contributed by atoms with Gasteiger partial charge in [0.25, 0.3) is 0 Å². The number of allylic oxidation sites excluding steroid dienone is 2. The summed E-state index contributed by atoms with van der Waals surface area (Å²) < 4.78 is 10.6. The number of hydrogen-bond donors (Lipinski definition) is 0. The average Bonchev–Trinajstić information content (AvgIpc) is 2.33. The molecule has 0 aliphatic heterocycles. The topological polar surface area (TPSA) is 35.5 Å². The Balaban J connectivity index is 2.07. The van der Waals surface area contributed by atoms with Crippen molar-refractivity contribution in [1.82, 2.24) is 0 Å². The number of carbonyl (C=O) groups is 1. The molecule has 3 heteroatoms. The predicted molar refractivity (Wildman–Crippen MR) is 65.5 cm³/mol. The van der Waals surface area contributed by atoms with Gasteiger partial charge in [-0.25, -0.2) is 0 Å². The SMILES string of the molecule is COCO[C@@H]1CC[C@@]2(C)C=CC(=O)[C@@H](C)[C@@H]2C1. The number of methoxy groups -OCH3 is 1. The molecule has 0 amide bonds. The van der Waals surface area contributed by atoms with Crippen LogP contribution in [0.15, 0.2) is 12.2 Å². The maximum absolute atomic E-state index is 11.8. The van der Waals surface area contributed by atoms with Crippen molar-refractivity contribution < 1.29 is 14.3 Å². The van der Waals surface area contributed by atoms with Crippen LogP contribution in [-0.4, -0.2) is 25.8 Å². The number of hydrogen-bond acceptors (Lipinski definition) is 3. The van der Waals surface area contributed by atoms with Crippen LogP contribution < -0.4 is 0 Å². The molecule has 4 atom stereocenters. The highest BCUT2D eigenvalue weighted by Gasteiger charge is 2.45. The molecular formula is C14H22O3. The van der Waals surface area contributed by atoms with Crippen LogP contribution in [0, 0.1) is 17.3 Å². The lowest BCUT2D eigenvalue weighted by atomic mass is 9.59. The van der Waals surface area contributed by atoms with Gasteiger partial charge in [-0.3, -0.25) is 4.79 Å². The zero-order chi connectivity index (χ0) is 12.5. The molecule has 96 valence electrons. The lowest BCUT2D eigenvalue weighted by molar-refractivity contribution is -0.129. The minimum Gasteiger partial charge on any atom is -0.359 e. The van der Waals surface area contributed by atoms with Gasteiger partial charge in [0, 0.05) is 13.0 Å². The Morgan fingerprint density at radius 2 is 2.29 bits per heavy atom. The zero-order valence-corrected chi connectivity index (χ0v) is 10.9. The quantitative estimate of drug-likeness (QED) is 0.709. The van der Waals surface area contributed by atoms with E-state index in [-0.39, 0.29) is 23.2 Å². The minimum absolute atomic E-state index is 0.124. The molecular weight excluding hydrogens is 216 g/mol. The van der Waals surface area contributed by atoms with Crippen LogP contribution in [0.2, 0.25) is 0 Å². The van der Waals surface area contributed by atoms with Crippen LogP contribution >= 0.6 is 0 Å². The lowest BCUT2D eigenvalue weighted by Crippen LogP contribution is -2.43. The van der Waals surface area contributed by atoms with Crippen molar-refractivity contribution in [2.45, 2.75) is 39.2 Å². The van der Waals surface area contributed by atoms with Gasteiger partial charge in [-0.2, -0.15) is 0 Å². The van der Waals surface area contributed by atoms with Crippen LogP contribution in [0.1, 0.15) is 33.1 Å². The third-order valence-electron chi connectivity index (χ3n) is 4.47. The highest BCUT2D eigenvalue weighted by atomic mass is 16.7. The van der Waals surface area contributed by atoms with Gasteiger partial charge in [0.2, 0.25) is 0 Å². The Morgan fingerprint density at radius 1 is 1.53 bits per heavy atom. The number of carbonyl (C=O) groups excluding carboxylic acids is 1. The molecule has 0 aromatic carbocycles. The molecule has 0 heterocycles. The molecule has 0 bridgehead atoms. The maximum Gasteiger partial charge on any atom is 0.158 e. The summed E-state index contributed by atoms with van der Waals surface area (Å²) in [5.41, 5.74) is 0.181. The second kappa shape index (κ2) is 4.91. The Bertz CT molecular complexity index is 323. The molecule has 0 aromatic rings. The van der Waals surface area contributed by atoms with Gasteiger partial charge in [0.05, 0.1) is 6.10 Å². The molecule has 2 aliphatic carbocycles. The third kappa shape index (κ3) is 2.45. The van der Waals surface area contributed by atoms with E-state index >= 15 is 0 Å². The summed E-state index contributed by atoms with van der Waals surface area (Å²) in [4.78, 5) is 11.8. The number of ether oxygens (including phenoxy) is 2. The molecule has 0 saturated heterocycles. The van der Waals surface area contributed by atoms with Crippen LogP contribution in [0.25, 0.3) is 0 Å². The van der Waals surface area contributed by atoms with Gasteiger partial charge in [-0.1, -0.05) is 19.9 Å². The molecule has 3 nitrogen and oxygen atoms in total. The van der Waals surface area contributed by atoms with E-state index in [1.165, 1.54) is 0 Å². The van der Waals surface area contributed by atoms with Crippen LogP contribution in [0.3, 0.4) is 0 Å². The maximum atomic E-state index is 11.8. The van der Waals surface area contributed by atoms with Gasteiger partial charge in [0.1, 0.15) is 6.79 Å². The first-order chi connectivity index (χ1) is 8.07. The Labute approximate surface area is 103 Å². The van der Waals surface area contributed by atoms with Crippen molar-refractivity contribution in [2.24, 2.45) is 17.3 Å². The van der Waals surface area contributed by atoms with Gasteiger partial charge >= 0.3 is 0 Å². The van der Waals surface area contributed by atoms with Crippen molar-refractivity contribution in [3.05, 3.63) is 12.2 Å². The molecule has 1 saturated carbocycles. The van der Waals surface area contributed by atoms with Crippen molar-refractivity contribution in [2.75, 3.05) is 13.9 Å². The van der Waals surface area contributed by atoms with Crippen LogP contribution in [0.5, 0.6) is 0 Å². The van der Waals surface area contributed by atoms with Gasteiger partial charge < -0.3 is 9.47 Å². The summed E-state index contributed by atoms with van der Waals surface area (Å²) in [7, 11) is 1.64. The summed E-state index contributed by atoms with van der Waals surface area (Å²) in [5, 5.41) is 0. The first-order valence-electron chi connectivity index (χ1n) is 6.40. The third-order valence-corrected chi connectivity index (χ3v) is 4.47. The van der Waals surface area contributed by atoms with E-state index in [1.54, 1.807) is 13.2 Å². The van der Waals surface area contributed by atoms with Crippen molar-refractivity contribution in [3.8, 4) is 0 Å². The minimum atomic E-state index is 0.124. The monoisotopic (exact) mass is 238 g/mol. The van der Waals surface area contributed by atoms with Crippen LogP contribution in [0.4, 0.5) is 0 Å². The molecule has 0 aromatic heterocycles. The second-order valence-corrected chi connectivity index (χ2v) is 5.61.